The van der Waals surface area contributed by atoms with Gasteiger partial charge >= 0.3 is 5.97 Å². The molecule has 1 aliphatic carbocycles. The van der Waals surface area contributed by atoms with Crippen molar-refractivity contribution >= 4 is 35.0 Å². The van der Waals surface area contributed by atoms with Crippen molar-refractivity contribution in [1.82, 2.24) is 0 Å². The number of hydrogen-bond acceptors (Lipinski definition) is 6. The first-order valence-electron chi connectivity index (χ1n) is 10.9. The second-order valence-corrected chi connectivity index (χ2v) is 10.1. The predicted molar refractivity (Wildman–Crippen MR) is 129 cm³/mol. The van der Waals surface area contributed by atoms with Gasteiger partial charge in [0, 0.05) is 34.6 Å². The van der Waals surface area contributed by atoms with Crippen molar-refractivity contribution in [3.05, 3.63) is 86.2 Å². The average molecular weight is 520 g/mol. The lowest BCUT2D eigenvalue weighted by Gasteiger charge is -2.38. The molecule has 6 nitrogen and oxygen atoms in total. The standard InChI is InChI=1S/C26H24Cl2FNO5/c1-26(2)10-18(31)22-20(11-26)35-24(30)23(25(32)33-3)21(22)14-9-13(27)7-8-19(14)34-12-15-16(28)5-4-6-17(15)29/h4-9,21H,10-12,30H2,1-3H3. The van der Waals surface area contributed by atoms with Crippen LogP contribution in [0.2, 0.25) is 10.0 Å². The largest absolute Gasteiger partial charge is 0.488 e. The summed E-state index contributed by atoms with van der Waals surface area (Å²) in [5.41, 5.74) is 6.68. The maximum absolute atomic E-state index is 14.3. The molecule has 2 aliphatic rings. The van der Waals surface area contributed by atoms with Crippen LogP contribution < -0.4 is 10.5 Å². The molecule has 35 heavy (non-hydrogen) atoms. The van der Waals surface area contributed by atoms with Gasteiger partial charge in [0.15, 0.2) is 5.78 Å². The number of benzene rings is 2. The Bertz CT molecular complexity index is 1260. The molecule has 2 N–H and O–H groups in total. The number of Topliss-reactive ketones (excluding diaryl/α,β-unsaturated/α-hetero) is 1. The van der Waals surface area contributed by atoms with Crippen LogP contribution in [-0.4, -0.2) is 18.9 Å². The highest BCUT2D eigenvalue weighted by atomic mass is 35.5. The third kappa shape index (κ3) is 4.88. The number of halogens is 3. The Morgan fingerprint density at radius 2 is 1.97 bits per heavy atom. The van der Waals surface area contributed by atoms with E-state index in [1.54, 1.807) is 24.3 Å². The minimum Gasteiger partial charge on any atom is -0.488 e. The number of ether oxygens (including phenoxy) is 3. The lowest BCUT2D eigenvalue weighted by Crippen LogP contribution is -2.35. The molecule has 4 rings (SSSR count). The molecule has 0 amide bonds. The van der Waals surface area contributed by atoms with Gasteiger partial charge in [-0.05, 0) is 35.7 Å². The van der Waals surface area contributed by atoms with Crippen LogP contribution >= 0.6 is 23.2 Å². The van der Waals surface area contributed by atoms with Crippen LogP contribution in [0.4, 0.5) is 4.39 Å². The fourth-order valence-electron chi connectivity index (χ4n) is 4.50. The summed E-state index contributed by atoms with van der Waals surface area (Å²) in [5, 5.41) is 0.553. The van der Waals surface area contributed by atoms with Gasteiger partial charge < -0.3 is 19.9 Å². The summed E-state index contributed by atoms with van der Waals surface area (Å²) >= 11 is 12.5. The van der Waals surface area contributed by atoms with Crippen molar-refractivity contribution in [3.8, 4) is 5.75 Å². The zero-order valence-corrected chi connectivity index (χ0v) is 20.9. The van der Waals surface area contributed by atoms with E-state index in [0.29, 0.717) is 28.3 Å². The van der Waals surface area contributed by atoms with Gasteiger partial charge in [0.2, 0.25) is 5.88 Å². The van der Waals surface area contributed by atoms with E-state index in [4.69, 9.17) is 43.1 Å². The van der Waals surface area contributed by atoms with Gasteiger partial charge in [0.25, 0.3) is 0 Å². The summed E-state index contributed by atoms with van der Waals surface area (Å²) in [6.07, 6.45) is 0.697. The Morgan fingerprint density at radius 3 is 2.66 bits per heavy atom. The van der Waals surface area contributed by atoms with E-state index in [0.717, 1.165) is 0 Å². The number of carbonyl (C=O) groups is 2. The molecule has 1 unspecified atom stereocenters. The van der Waals surface area contributed by atoms with E-state index < -0.39 is 17.7 Å². The van der Waals surface area contributed by atoms with Crippen LogP contribution in [0.1, 0.15) is 43.7 Å². The summed E-state index contributed by atoms with van der Waals surface area (Å²) in [5.74, 6) is -1.89. The quantitative estimate of drug-likeness (QED) is 0.501. The number of hydrogen-bond donors (Lipinski definition) is 1. The van der Waals surface area contributed by atoms with Gasteiger partial charge in [0.1, 0.15) is 29.5 Å². The minimum atomic E-state index is -0.945. The van der Waals surface area contributed by atoms with Gasteiger partial charge in [-0.15, -0.1) is 0 Å². The molecule has 0 saturated heterocycles. The minimum absolute atomic E-state index is 0.0321. The zero-order valence-electron chi connectivity index (χ0n) is 19.4. The second kappa shape index (κ2) is 9.55. The average Bonchev–Trinajstić information content (AvgIpc) is 2.77. The molecule has 0 bridgehead atoms. The Kier molecular flexibility index (Phi) is 6.84. The molecule has 0 spiro atoms. The first-order valence-corrected chi connectivity index (χ1v) is 11.6. The highest BCUT2D eigenvalue weighted by Gasteiger charge is 2.45. The molecule has 0 aromatic heterocycles. The number of nitrogens with two attached hydrogens (primary N) is 1. The van der Waals surface area contributed by atoms with Crippen LogP contribution in [0.5, 0.6) is 5.75 Å². The van der Waals surface area contributed by atoms with Crippen molar-refractivity contribution < 1.29 is 28.2 Å². The molecule has 184 valence electrons. The smallest absolute Gasteiger partial charge is 0.340 e. The van der Waals surface area contributed by atoms with E-state index in [1.807, 2.05) is 13.8 Å². The Labute approximate surface area is 212 Å². The van der Waals surface area contributed by atoms with Gasteiger partial charge in [-0.3, -0.25) is 4.79 Å². The highest BCUT2D eigenvalue weighted by Crippen LogP contribution is 2.50. The lowest BCUT2D eigenvalue weighted by molar-refractivity contribution is -0.136. The number of esters is 1. The maximum Gasteiger partial charge on any atom is 0.340 e. The number of ketones is 1. The van der Waals surface area contributed by atoms with Crippen LogP contribution in [0.15, 0.2) is 59.2 Å². The van der Waals surface area contributed by atoms with Crippen molar-refractivity contribution in [3.63, 3.8) is 0 Å². The normalized spacial score (nSPS) is 19.3. The van der Waals surface area contributed by atoms with E-state index in [9.17, 15) is 14.0 Å². The lowest BCUT2D eigenvalue weighted by atomic mass is 9.70. The van der Waals surface area contributed by atoms with Crippen molar-refractivity contribution in [2.24, 2.45) is 11.1 Å². The third-order valence-corrected chi connectivity index (χ3v) is 6.67. The highest BCUT2D eigenvalue weighted by molar-refractivity contribution is 6.31. The summed E-state index contributed by atoms with van der Waals surface area (Å²) in [6, 6.07) is 9.10. The molecule has 1 atom stereocenters. The van der Waals surface area contributed by atoms with Crippen LogP contribution in [0.25, 0.3) is 0 Å². The third-order valence-electron chi connectivity index (χ3n) is 6.08. The van der Waals surface area contributed by atoms with E-state index >= 15 is 0 Å². The molecular formula is C26H24Cl2FNO5. The molecule has 0 fully saturated rings. The number of allylic oxidation sites excluding steroid dienone is 2. The zero-order chi connectivity index (χ0) is 25.5. The van der Waals surface area contributed by atoms with Gasteiger partial charge in [-0.25, -0.2) is 9.18 Å². The van der Waals surface area contributed by atoms with Gasteiger partial charge in [-0.2, -0.15) is 0 Å². The molecule has 1 heterocycles. The van der Waals surface area contributed by atoms with Crippen LogP contribution in [0, 0.1) is 11.2 Å². The second-order valence-electron chi connectivity index (χ2n) is 9.25. The van der Waals surface area contributed by atoms with E-state index in [-0.39, 0.29) is 52.0 Å². The molecule has 0 radical (unpaired) electrons. The molecule has 1 aliphatic heterocycles. The monoisotopic (exact) mass is 519 g/mol. The molecule has 0 saturated carbocycles. The maximum atomic E-state index is 14.3. The summed E-state index contributed by atoms with van der Waals surface area (Å²) in [6.45, 7) is 3.71. The molecule has 2 aromatic carbocycles. The summed E-state index contributed by atoms with van der Waals surface area (Å²) in [4.78, 5) is 26.2. The molecule has 9 heteroatoms. The number of carbonyl (C=O) groups excluding carboxylic acids is 2. The topological polar surface area (TPSA) is 87.9 Å². The number of methoxy groups -OCH3 is 1. The first-order chi connectivity index (χ1) is 16.5. The van der Waals surface area contributed by atoms with Crippen molar-refractivity contribution in [2.75, 3.05) is 7.11 Å². The Morgan fingerprint density at radius 1 is 1.23 bits per heavy atom. The van der Waals surface area contributed by atoms with E-state index in [1.165, 1.54) is 19.2 Å². The van der Waals surface area contributed by atoms with Gasteiger partial charge in [-0.1, -0.05) is 43.1 Å². The summed E-state index contributed by atoms with van der Waals surface area (Å²) in [7, 11) is 1.21. The molecular weight excluding hydrogens is 496 g/mol. The molecule has 2 aromatic rings. The van der Waals surface area contributed by atoms with Gasteiger partial charge in [0.05, 0.1) is 18.1 Å². The fraction of sp³-hybridized carbons (Fsp3) is 0.308. The summed E-state index contributed by atoms with van der Waals surface area (Å²) < 4.78 is 31.1. The van der Waals surface area contributed by atoms with E-state index in [2.05, 4.69) is 0 Å². The van der Waals surface area contributed by atoms with Crippen molar-refractivity contribution in [2.45, 2.75) is 39.2 Å². The SMILES string of the molecule is COC(=O)C1=C(N)OC2=C(C(=O)CC(C)(C)C2)C1c1cc(Cl)ccc1OCc1c(F)cccc1Cl. The van der Waals surface area contributed by atoms with Crippen LogP contribution in [-0.2, 0) is 25.7 Å². The Balaban J connectivity index is 1.85. The van der Waals surface area contributed by atoms with Crippen molar-refractivity contribution in [1.29, 1.82) is 0 Å². The Hall–Kier alpha value is -3.03. The number of rotatable bonds is 5. The fourth-order valence-corrected chi connectivity index (χ4v) is 4.90. The van der Waals surface area contributed by atoms with Crippen LogP contribution in [0.3, 0.4) is 0 Å². The predicted octanol–water partition coefficient (Wildman–Crippen LogP) is 5.81. The first kappa shape index (κ1) is 25.1.